The molecule has 0 radical (unpaired) electrons. The first kappa shape index (κ1) is 16.5. The minimum atomic E-state index is -0.310. The monoisotopic (exact) mass is 297 g/mol. The fourth-order valence-electron chi connectivity index (χ4n) is 1.80. The summed E-state index contributed by atoms with van der Waals surface area (Å²) in [5, 5.41) is 0.662. The lowest BCUT2D eigenvalue weighted by Gasteiger charge is -2.22. The Morgan fingerprint density at radius 1 is 1.20 bits per heavy atom. The third-order valence-corrected chi connectivity index (χ3v) is 3.17. The maximum absolute atomic E-state index is 12.1. The summed E-state index contributed by atoms with van der Waals surface area (Å²) in [5.41, 5.74) is 0.990. The lowest BCUT2D eigenvalue weighted by molar-refractivity contribution is -0.142. The molecule has 1 amide bonds. The maximum Gasteiger partial charge on any atom is 0.307 e. The predicted octanol–water partition coefficient (Wildman–Crippen LogP) is 3.03. The van der Waals surface area contributed by atoms with Crippen LogP contribution >= 0.6 is 11.6 Å². The second-order valence-electron chi connectivity index (χ2n) is 4.52. The van der Waals surface area contributed by atoms with Gasteiger partial charge in [0.2, 0.25) is 5.91 Å². The van der Waals surface area contributed by atoms with Crippen LogP contribution in [-0.4, -0.2) is 30.4 Å². The minimum Gasteiger partial charge on any atom is -0.469 e. The molecule has 0 aromatic heterocycles. The summed E-state index contributed by atoms with van der Waals surface area (Å²) in [6.07, 6.45) is 1.47. The molecular formula is C15H20ClNO3. The van der Waals surface area contributed by atoms with E-state index in [1.807, 2.05) is 19.1 Å². The number of ether oxygens (including phenoxy) is 1. The third kappa shape index (κ3) is 5.61. The molecule has 0 spiro atoms. The Labute approximate surface area is 124 Å². The molecule has 0 unspecified atom stereocenters. The van der Waals surface area contributed by atoms with Crippen LogP contribution in [0.2, 0.25) is 5.02 Å². The highest BCUT2D eigenvalue weighted by atomic mass is 35.5. The van der Waals surface area contributed by atoms with Crippen LogP contribution in [0, 0.1) is 0 Å². The summed E-state index contributed by atoms with van der Waals surface area (Å²) in [5.74, 6) is -0.262. The van der Waals surface area contributed by atoms with Gasteiger partial charge >= 0.3 is 5.97 Å². The van der Waals surface area contributed by atoms with E-state index in [4.69, 9.17) is 11.6 Å². The number of amides is 1. The summed E-state index contributed by atoms with van der Waals surface area (Å²) >= 11 is 5.84. The second kappa shape index (κ2) is 8.59. The number of carbonyl (C=O) groups excluding carboxylic acids is 2. The van der Waals surface area contributed by atoms with E-state index >= 15 is 0 Å². The topological polar surface area (TPSA) is 46.6 Å². The summed E-state index contributed by atoms with van der Waals surface area (Å²) in [6, 6.07) is 7.35. The quantitative estimate of drug-likeness (QED) is 0.727. The van der Waals surface area contributed by atoms with Crippen molar-refractivity contribution in [3.8, 4) is 0 Å². The highest BCUT2D eigenvalue weighted by Gasteiger charge is 2.15. The molecule has 5 heteroatoms. The van der Waals surface area contributed by atoms with Crippen molar-refractivity contribution in [1.82, 2.24) is 4.90 Å². The van der Waals surface area contributed by atoms with E-state index in [9.17, 15) is 9.59 Å². The van der Waals surface area contributed by atoms with Crippen molar-refractivity contribution < 1.29 is 14.3 Å². The first-order valence-electron chi connectivity index (χ1n) is 6.65. The molecule has 0 atom stereocenters. The smallest absolute Gasteiger partial charge is 0.307 e. The van der Waals surface area contributed by atoms with Crippen LogP contribution in [0.5, 0.6) is 0 Å². The van der Waals surface area contributed by atoms with Gasteiger partial charge in [-0.2, -0.15) is 0 Å². The normalized spacial score (nSPS) is 10.2. The van der Waals surface area contributed by atoms with E-state index in [2.05, 4.69) is 4.74 Å². The molecule has 110 valence electrons. The van der Waals surface area contributed by atoms with Gasteiger partial charge in [0, 0.05) is 24.5 Å². The zero-order valence-corrected chi connectivity index (χ0v) is 12.7. The molecule has 1 rings (SSSR count). The third-order valence-electron chi connectivity index (χ3n) is 2.92. The largest absolute Gasteiger partial charge is 0.469 e. The average molecular weight is 298 g/mol. The van der Waals surface area contributed by atoms with E-state index in [-0.39, 0.29) is 18.3 Å². The number of rotatable bonds is 7. The van der Waals surface area contributed by atoms with Gasteiger partial charge < -0.3 is 9.64 Å². The standard InChI is InChI=1S/C15H20ClNO3/c1-3-4-14(18)17(10-9-15(19)20-2)11-12-5-7-13(16)8-6-12/h5-8H,3-4,9-11H2,1-2H3. The number of carbonyl (C=O) groups is 2. The average Bonchev–Trinajstić information content (AvgIpc) is 2.45. The van der Waals surface area contributed by atoms with Gasteiger partial charge in [0.05, 0.1) is 13.5 Å². The fourth-order valence-corrected chi connectivity index (χ4v) is 1.93. The molecular weight excluding hydrogens is 278 g/mol. The Hall–Kier alpha value is -1.55. The molecule has 0 saturated heterocycles. The second-order valence-corrected chi connectivity index (χ2v) is 4.95. The van der Waals surface area contributed by atoms with Gasteiger partial charge in [0.1, 0.15) is 0 Å². The van der Waals surface area contributed by atoms with Crippen molar-refractivity contribution in [3.05, 3.63) is 34.9 Å². The van der Waals surface area contributed by atoms with E-state index < -0.39 is 0 Å². The van der Waals surface area contributed by atoms with Crippen molar-refractivity contribution >= 4 is 23.5 Å². The molecule has 0 heterocycles. The maximum atomic E-state index is 12.1. The molecule has 0 saturated carbocycles. The zero-order chi connectivity index (χ0) is 15.0. The summed E-state index contributed by atoms with van der Waals surface area (Å²) in [4.78, 5) is 25.0. The molecule has 0 fully saturated rings. The molecule has 1 aromatic carbocycles. The van der Waals surface area contributed by atoms with Gasteiger partial charge in [-0.3, -0.25) is 9.59 Å². The SMILES string of the molecule is CCCC(=O)N(CCC(=O)OC)Cc1ccc(Cl)cc1. The molecule has 0 aliphatic heterocycles. The first-order valence-corrected chi connectivity index (χ1v) is 7.03. The van der Waals surface area contributed by atoms with Crippen LogP contribution < -0.4 is 0 Å². The van der Waals surface area contributed by atoms with E-state index in [0.29, 0.717) is 24.5 Å². The predicted molar refractivity (Wildman–Crippen MR) is 78.4 cm³/mol. The van der Waals surface area contributed by atoms with Gasteiger partial charge in [-0.05, 0) is 24.1 Å². The van der Waals surface area contributed by atoms with Crippen molar-refractivity contribution in [3.63, 3.8) is 0 Å². The van der Waals surface area contributed by atoms with Crippen LogP contribution in [0.4, 0.5) is 0 Å². The van der Waals surface area contributed by atoms with Crippen molar-refractivity contribution in [2.75, 3.05) is 13.7 Å². The molecule has 0 aliphatic rings. The lowest BCUT2D eigenvalue weighted by atomic mass is 10.2. The molecule has 0 bridgehead atoms. The lowest BCUT2D eigenvalue weighted by Crippen LogP contribution is -2.32. The van der Waals surface area contributed by atoms with Gasteiger partial charge in [-0.15, -0.1) is 0 Å². The van der Waals surface area contributed by atoms with Gasteiger partial charge in [0.25, 0.3) is 0 Å². The van der Waals surface area contributed by atoms with Crippen molar-refractivity contribution in [1.29, 1.82) is 0 Å². The number of methoxy groups -OCH3 is 1. The molecule has 20 heavy (non-hydrogen) atoms. The highest BCUT2D eigenvalue weighted by molar-refractivity contribution is 6.30. The van der Waals surface area contributed by atoms with Crippen molar-refractivity contribution in [2.24, 2.45) is 0 Å². The summed E-state index contributed by atoms with van der Waals surface area (Å²) in [7, 11) is 1.35. The van der Waals surface area contributed by atoms with Gasteiger partial charge in [-0.1, -0.05) is 30.7 Å². The van der Waals surface area contributed by atoms with Crippen LogP contribution in [-0.2, 0) is 20.9 Å². The van der Waals surface area contributed by atoms with Crippen LogP contribution in [0.1, 0.15) is 31.7 Å². The number of benzene rings is 1. The number of hydrogen-bond donors (Lipinski definition) is 0. The Morgan fingerprint density at radius 2 is 1.85 bits per heavy atom. The Morgan fingerprint density at radius 3 is 2.40 bits per heavy atom. The number of halogens is 1. The molecule has 1 aromatic rings. The van der Waals surface area contributed by atoms with E-state index in [1.165, 1.54) is 7.11 Å². The first-order chi connectivity index (χ1) is 9.56. The van der Waals surface area contributed by atoms with Crippen LogP contribution in [0.15, 0.2) is 24.3 Å². The Bertz CT molecular complexity index is 445. The Kier molecular flexibility index (Phi) is 7.09. The fraction of sp³-hybridized carbons (Fsp3) is 0.467. The Balaban J connectivity index is 2.68. The van der Waals surface area contributed by atoms with E-state index in [0.717, 1.165) is 12.0 Å². The van der Waals surface area contributed by atoms with E-state index in [1.54, 1.807) is 17.0 Å². The number of nitrogens with zero attached hydrogens (tertiary/aromatic N) is 1. The number of hydrogen-bond acceptors (Lipinski definition) is 3. The minimum absolute atomic E-state index is 0.0475. The number of esters is 1. The molecule has 0 aliphatic carbocycles. The molecule has 4 nitrogen and oxygen atoms in total. The zero-order valence-electron chi connectivity index (χ0n) is 11.9. The van der Waals surface area contributed by atoms with Gasteiger partial charge in [-0.25, -0.2) is 0 Å². The summed E-state index contributed by atoms with van der Waals surface area (Å²) in [6.45, 7) is 2.81. The van der Waals surface area contributed by atoms with Gasteiger partial charge in [0.15, 0.2) is 0 Å². The van der Waals surface area contributed by atoms with Crippen LogP contribution in [0.25, 0.3) is 0 Å². The molecule has 0 N–H and O–H groups in total. The summed E-state index contributed by atoms with van der Waals surface area (Å²) < 4.78 is 4.61. The van der Waals surface area contributed by atoms with Crippen molar-refractivity contribution in [2.45, 2.75) is 32.7 Å². The van der Waals surface area contributed by atoms with Crippen LogP contribution in [0.3, 0.4) is 0 Å². The highest BCUT2D eigenvalue weighted by Crippen LogP contribution is 2.13.